The van der Waals surface area contributed by atoms with E-state index in [9.17, 15) is 9.18 Å². The molecular weight excluding hydrogens is 527 g/mol. The fourth-order valence-corrected chi connectivity index (χ4v) is 4.21. The molecule has 41 heavy (non-hydrogen) atoms. The van der Waals surface area contributed by atoms with Gasteiger partial charge in [0, 0.05) is 36.0 Å². The third-order valence-corrected chi connectivity index (χ3v) is 6.34. The molecular formula is C30H29FN6O4. The van der Waals surface area contributed by atoms with E-state index in [2.05, 4.69) is 20.4 Å². The first-order chi connectivity index (χ1) is 19.8. The van der Waals surface area contributed by atoms with Crippen LogP contribution in [0.5, 0.6) is 23.0 Å². The number of ether oxygens (including phenoxy) is 3. The number of nitrogens with zero attached hydrogens (tertiary/aromatic N) is 5. The molecule has 0 bridgehead atoms. The minimum Gasteiger partial charge on any atom is -0.493 e. The highest BCUT2D eigenvalue weighted by molar-refractivity contribution is 6.03. The number of rotatable bonds is 10. The second-order valence-corrected chi connectivity index (χ2v) is 9.45. The summed E-state index contributed by atoms with van der Waals surface area (Å²) in [5, 5.41) is 8.05. The summed E-state index contributed by atoms with van der Waals surface area (Å²) >= 11 is 0. The molecule has 1 N–H and O–H groups in total. The van der Waals surface area contributed by atoms with Gasteiger partial charge in [0.2, 0.25) is 0 Å². The molecule has 210 valence electrons. The van der Waals surface area contributed by atoms with Crippen molar-refractivity contribution in [1.29, 1.82) is 0 Å². The van der Waals surface area contributed by atoms with Gasteiger partial charge in [-0.2, -0.15) is 5.10 Å². The van der Waals surface area contributed by atoms with Gasteiger partial charge in [0.05, 0.1) is 31.6 Å². The predicted molar refractivity (Wildman–Crippen MR) is 153 cm³/mol. The van der Waals surface area contributed by atoms with E-state index in [4.69, 9.17) is 14.2 Å². The van der Waals surface area contributed by atoms with Crippen LogP contribution in [-0.4, -0.2) is 65.4 Å². The Hall–Kier alpha value is -5.03. The number of methoxy groups -OCH3 is 2. The molecule has 2 aromatic carbocycles. The van der Waals surface area contributed by atoms with E-state index in [1.165, 1.54) is 18.3 Å². The lowest BCUT2D eigenvalue weighted by Gasteiger charge is -2.12. The normalized spacial score (nSPS) is 11.1. The van der Waals surface area contributed by atoms with Gasteiger partial charge in [-0.15, -0.1) is 0 Å². The third kappa shape index (κ3) is 6.25. The summed E-state index contributed by atoms with van der Waals surface area (Å²) in [6.45, 7) is 0.724. The Morgan fingerprint density at radius 1 is 0.976 bits per heavy atom. The van der Waals surface area contributed by atoms with Crippen molar-refractivity contribution < 1.29 is 23.4 Å². The van der Waals surface area contributed by atoms with Gasteiger partial charge < -0.3 is 24.4 Å². The van der Waals surface area contributed by atoms with Crippen LogP contribution in [0.25, 0.3) is 16.6 Å². The summed E-state index contributed by atoms with van der Waals surface area (Å²) in [5.41, 5.74) is 2.36. The highest BCUT2D eigenvalue weighted by Gasteiger charge is 2.19. The summed E-state index contributed by atoms with van der Waals surface area (Å²) in [6, 6.07) is 14.6. The molecule has 0 saturated heterocycles. The summed E-state index contributed by atoms with van der Waals surface area (Å²) in [6.07, 6.45) is 5.56. The zero-order chi connectivity index (χ0) is 28.9. The van der Waals surface area contributed by atoms with E-state index >= 15 is 0 Å². The predicted octanol–water partition coefficient (Wildman–Crippen LogP) is 5.12. The molecule has 5 aromatic rings. The van der Waals surface area contributed by atoms with Crippen LogP contribution in [0.3, 0.4) is 0 Å². The molecule has 0 radical (unpaired) electrons. The molecule has 5 rings (SSSR count). The number of halogens is 1. The van der Waals surface area contributed by atoms with Gasteiger partial charge in [-0.1, -0.05) is 0 Å². The van der Waals surface area contributed by atoms with Crippen LogP contribution in [0.1, 0.15) is 16.1 Å². The molecule has 0 atom stereocenters. The van der Waals surface area contributed by atoms with Gasteiger partial charge in [-0.3, -0.25) is 9.78 Å². The Kier molecular flexibility index (Phi) is 8.06. The Labute approximate surface area is 236 Å². The number of carbonyl (C=O) groups is 1. The van der Waals surface area contributed by atoms with Gasteiger partial charge in [0.25, 0.3) is 5.91 Å². The maximum Gasteiger partial charge on any atom is 0.277 e. The Balaban J connectivity index is 1.34. The summed E-state index contributed by atoms with van der Waals surface area (Å²) in [5.74, 6) is 1.75. The maximum absolute atomic E-state index is 13.4. The minimum atomic E-state index is -0.401. The number of pyridine rings is 2. The molecule has 0 aliphatic rings. The molecule has 1 amide bonds. The van der Waals surface area contributed by atoms with E-state index in [-0.39, 0.29) is 11.5 Å². The van der Waals surface area contributed by atoms with Crippen molar-refractivity contribution in [2.24, 2.45) is 0 Å². The van der Waals surface area contributed by atoms with Gasteiger partial charge in [0.15, 0.2) is 17.2 Å². The van der Waals surface area contributed by atoms with E-state index in [1.807, 2.05) is 19.0 Å². The highest BCUT2D eigenvalue weighted by atomic mass is 19.1. The fraction of sp³-hybridized carbons (Fsp3) is 0.200. The molecule has 0 saturated carbocycles. The average Bonchev–Trinajstić information content (AvgIpc) is 3.41. The fourth-order valence-electron chi connectivity index (χ4n) is 4.21. The molecule has 10 nitrogen and oxygen atoms in total. The summed E-state index contributed by atoms with van der Waals surface area (Å²) < 4.78 is 31.9. The van der Waals surface area contributed by atoms with Crippen molar-refractivity contribution in [3.63, 3.8) is 0 Å². The van der Waals surface area contributed by atoms with Gasteiger partial charge in [0.1, 0.15) is 23.1 Å². The first-order valence-electron chi connectivity index (χ1n) is 12.8. The van der Waals surface area contributed by atoms with Crippen LogP contribution in [-0.2, 0) is 6.42 Å². The topological polar surface area (TPSA) is 104 Å². The van der Waals surface area contributed by atoms with Crippen LogP contribution >= 0.6 is 0 Å². The first-order valence-corrected chi connectivity index (χ1v) is 12.8. The average molecular weight is 557 g/mol. The van der Waals surface area contributed by atoms with Crippen molar-refractivity contribution in [1.82, 2.24) is 24.6 Å². The number of hydrogen-bond acceptors (Lipinski definition) is 8. The summed E-state index contributed by atoms with van der Waals surface area (Å²) in [7, 11) is 7.05. The Morgan fingerprint density at radius 3 is 2.41 bits per heavy atom. The van der Waals surface area contributed by atoms with Crippen molar-refractivity contribution in [3.8, 4) is 28.7 Å². The molecule has 3 heterocycles. The van der Waals surface area contributed by atoms with Gasteiger partial charge in [-0.25, -0.2) is 14.1 Å². The van der Waals surface area contributed by atoms with Crippen molar-refractivity contribution in [2.45, 2.75) is 6.42 Å². The molecule has 0 spiro atoms. The first kappa shape index (κ1) is 27.5. The van der Waals surface area contributed by atoms with Crippen molar-refractivity contribution >= 4 is 22.6 Å². The van der Waals surface area contributed by atoms with Crippen LogP contribution in [0.2, 0.25) is 0 Å². The highest BCUT2D eigenvalue weighted by Crippen LogP contribution is 2.36. The quantitative estimate of drug-likeness (QED) is 0.253. The Bertz CT molecular complexity index is 1670. The Morgan fingerprint density at radius 2 is 1.73 bits per heavy atom. The lowest BCUT2D eigenvalue weighted by atomic mass is 10.1. The van der Waals surface area contributed by atoms with E-state index in [0.717, 1.165) is 17.5 Å². The minimum absolute atomic E-state index is 0.269. The number of nitrogens with one attached hydrogen (secondary N) is 1. The molecule has 0 unspecified atom stereocenters. The number of likely N-dealkylation sites (N-methyl/N-ethyl adjacent to an activating group) is 1. The van der Waals surface area contributed by atoms with Crippen molar-refractivity contribution in [2.75, 3.05) is 40.2 Å². The number of aromatic nitrogens is 4. The summed E-state index contributed by atoms with van der Waals surface area (Å²) in [4.78, 5) is 24.0. The number of benzene rings is 2. The zero-order valence-electron chi connectivity index (χ0n) is 23.1. The van der Waals surface area contributed by atoms with Crippen LogP contribution in [0, 0.1) is 5.82 Å². The number of amides is 1. The third-order valence-electron chi connectivity index (χ3n) is 6.34. The lowest BCUT2D eigenvalue weighted by molar-refractivity contribution is 0.102. The zero-order valence-corrected chi connectivity index (χ0v) is 23.1. The number of carbonyl (C=O) groups excluding carboxylic acids is 1. The number of fused-ring (bicyclic) bond motifs is 1. The number of hydrogen-bond donors (Lipinski definition) is 1. The second-order valence-electron chi connectivity index (χ2n) is 9.45. The van der Waals surface area contributed by atoms with Crippen LogP contribution in [0.15, 0.2) is 73.2 Å². The monoisotopic (exact) mass is 556 g/mol. The number of anilines is 1. The second kappa shape index (κ2) is 12.0. The van der Waals surface area contributed by atoms with E-state index in [0.29, 0.717) is 46.4 Å². The molecule has 11 heteroatoms. The lowest BCUT2D eigenvalue weighted by Crippen LogP contribution is -2.19. The van der Waals surface area contributed by atoms with Crippen molar-refractivity contribution in [3.05, 3.63) is 90.3 Å². The SMILES string of the molecule is COc1cc2nccc(Oc3ccc(NC(=O)c4nn(-c5ccc(F)cc5)cc4CCN(C)C)nc3)c2cc1OC. The molecule has 0 aliphatic heterocycles. The van der Waals surface area contributed by atoms with E-state index in [1.54, 1.807) is 73.8 Å². The van der Waals surface area contributed by atoms with E-state index < -0.39 is 5.91 Å². The maximum atomic E-state index is 13.4. The standard InChI is InChI=1S/C30H29FN6O4/c1-36(2)14-12-19-18-37(21-7-5-20(31)6-8-21)35-29(19)30(38)34-28-10-9-22(17-33-28)41-25-11-13-32-24-16-27(40-4)26(39-3)15-23(24)25/h5-11,13,15-18H,12,14H2,1-4H3,(H,33,34,38). The largest absolute Gasteiger partial charge is 0.493 e. The van der Waals surface area contributed by atoms with Gasteiger partial charge in [-0.05, 0) is 69.0 Å². The van der Waals surface area contributed by atoms with Gasteiger partial charge >= 0.3 is 0 Å². The van der Waals surface area contributed by atoms with Crippen LogP contribution in [0.4, 0.5) is 10.2 Å². The molecule has 3 aromatic heterocycles. The molecule has 0 fully saturated rings. The smallest absolute Gasteiger partial charge is 0.277 e. The molecule has 0 aliphatic carbocycles. The van der Waals surface area contributed by atoms with Crippen LogP contribution < -0.4 is 19.5 Å².